The van der Waals surface area contributed by atoms with E-state index in [9.17, 15) is 4.79 Å². The van der Waals surface area contributed by atoms with E-state index in [1.165, 1.54) is 50.0 Å². The average Bonchev–Trinajstić information content (AvgIpc) is 2.92. The summed E-state index contributed by atoms with van der Waals surface area (Å²) >= 11 is 0. The van der Waals surface area contributed by atoms with Gasteiger partial charge in [-0.05, 0) is 101 Å². The first kappa shape index (κ1) is 26.7. The first-order chi connectivity index (χ1) is 18.4. The molecule has 9 nitrogen and oxygen atoms in total. The van der Waals surface area contributed by atoms with Crippen LogP contribution in [0.2, 0.25) is 0 Å². The van der Waals surface area contributed by atoms with Crippen LogP contribution in [0, 0.1) is 12.3 Å². The lowest BCUT2D eigenvalue weighted by atomic mass is 9.71. The SMILES string of the molecule is CCc1nc(C(N)=O)c(Nc2ccc(N3CCC4(CCN(C)CC4)CC3)c(C)c2)nc1NC1CCOCC1. The molecule has 0 atom stereocenters. The van der Waals surface area contributed by atoms with Crippen molar-refractivity contribution in [1.82, 2.24) is 14.9 Å². The number of hydrogen-bond donors (Lipinski definition) is 3. The lowest BCUT2D eigenvalue weighted by Crippen LogP contribution is -2.46. The van der Waals surface area contributed by atoms with E-state index < -0.39 is 5.91 Å². The number of anilines is 4. The summed E-state index contributed by atoms with van der Waals surface area (Å²) in [4.78, 5) is 26.7. The number of rotatable bonds is 7. The maximum atomic E-state index is 12.3. The van der Waals surface area contributed by atoms with Gasteiger partial charge >= 0.3 is 0 Å². The molecule has 206 valence electrons. The van der Waals surface area contributed by atoms with Crippen molar-refractivity contribution in [2.24, 2.45) is 11.1 Å². The van der Waals surface area contributed by atoms with Gasteiger partial charge in [-0.3, -0.25) is 4.79 Å². The van der Waals surface area contributed by atoms with Gasteiger partial charge in [0.05, 0.1) is 5.69 Å². The Kier molecular flexibility index (Phi) is 8.04. The van der Waals surface area contributed by atoms with Crippen molar-refractivity contribution < 1.29 is 9.53 Å². The summed E-state index contributed by atoms with van der Waals surface area (Å²) in [7, 11) is 2.24. The van der Waals surface area contributed by atoms with Crippen molar-refractivity contribution in [3.05, 3.63) is 35.2 Å². The number of nitrogens with one attached hydrogen (secondary N) is 2. The fraction of sp³-hybridized carbons (Fsp3) is 0.621. The molecule has 1 aromatic heterocycles. The van der Waals surface area contributed by atoms with Crippen molar-refractivity contribution >= 4 is 28.9 Å². The summed E-state index contributed by atoms with van der Waals surface area (Å²) in [6.45, 7) is 10.3. The molecule has 0 aliphatic carbocycles. The molecule has 1 spiro atoms. The van der Waals surface area contributed by atoms with E-state index in [0.29, 0.717) is 23.5 Å². The van der Waals surface area contributed by atoms with Crippen molar-refractivity contribution in [2.45, 2.75) is 64.8 Å². The Morgan fingerprint density at radius 3 is 2.39 bits per heavy atom. The zero-order valence-corrected chi connectivity index (χ0v) is 23.2. The standard InChI is InChI=1S/C29H43N7O2/c1-4-23-27(31-21-7-17-38-18-8-21)34-28(25(33-23)26(30)37)32-22-5-6-24(20(2)19-22)36-15-11-29(12-16-36)9-13-35(3)14-10-29/h5-6,19,21H,4,7-18H2,1-3H3,(H2,30,37)(H2,31,32,34). The van der Waals surface area contributed by atoms with Gasteiger partial charge in [-0.25, -0.2) is 9.97 Å². The Morgan fingerprint density at radius 2 is 1.76 bits per heavy atom. The van der Waals surface area contributed by atoms with E-state index in [4.69, 9.17) is 15.5 Å². The van der Waals surface area contributed by atoms with Crippen molar-refractivity contribution in [1.29, 1.82) is 0 Å². The largest absolute Gasteiger partial charge is 0.381 e. The fourth-order valence-electron chi connectivity index (χ4n) is 6.17. The Hall–Kier alpha value is -2.91. The van der Waals surface area contributed by atoms with Crippen LogP contribution in [0.4, 0.5) is 23.0 Å². The Bertz CT molecular complexity index is 1130. The Labute approximate surface area is 226 Å². The molecule has 3 fully saturated rings. The van der Waals surface area contributed by atoms with Crippen LogP contribution in [0.15, 0.2) is 18.2 Å². The summed E-state index contributed by atoms with van der Waals surface area (Å²) in [5, 5.41) is 6.87. The second kappa shape index (κ2) is 11.5. The molecule has 3 aliphatic rings. The van der Waals surface area contributed by atoms with Gasteiger partial charge in [0.2, 0.25) is 0 Å². The van der Waals surface area contributed by atoms with Gasteiger partial charge in [-0.15, -0.1) is 0 Å². The Morgan fingerprint density at radius 1 is 1.08 bits per heavy atom. The highest BCUT2D eigenvalue weighted by Gasteiger charge is 2.37. The van der Waals surface area contributed by atoms with Crippen LogP contribution in [0.3, 0.4) is 0 Å². The second-order valence-electron chi connectivity index (χ2n) is 11.4. The monoisotopic (exact) mass is 521 g/mol. The third-order valence-corrected chi connectivity index (χ3v) is 8.77. The van der Waals surface area contributed by atoms with E-state index in [1.54, 1.807) is 0 Å². The number of ether oxygens (including phenoxy) is 1. The van der Waals surface area contributed by atoms with E-state index in [0.717, 1.165) is 50.5 Å². The van der Waals surface area contributed by atoms with E-state index in [1.807, 2.05) is 6.92 Å². The number of hydrogen-bond acceptors (Lipinski definition) is 8. The highest BCUT2D eigenvalue weighted by Crippen LogP contribution is 2.42. The van der Waals surface area contributed by atoms with E-state index in [2.05, 4.69) is 57.6 Å². The molecule has 0 unspecified atom stereocenters. The predicted octanol–water partition coefficient (Wildman–Crippen LogP) is 4.09. The number of nitrogens with two attached hydrogens (primary N) is 1. The van der Waals surface area contributed by atoms with Gasteiger partial charge in [0.1, 0.15) is 0 Å². The number of likely N-dealkylation sites (tertiary alicyclic amines) is 1. The van der Waals surface area contributed by atoms with Crippen LogP contribution in [0.25, 0.3) is 0 Å². The lowest BCUT2D eigenvalue weighted by Gasteiger charge is -2.47. The number of nitrogens with zero attached hydrogens (tertiary/aromatic N) is 4. The molecule has 3 saturated heterocycles. The van der Waals surface area contributed by atoms with Crippen molar-refractivity contribution in [3.63, 3.8) is 0 Å². The number of aryl methyl sites for hydroxylation is 2. The molecular formula is C29H43N7O2. The summed E-state index contributed by atoms with van der Waals surface area (Å²) in [6.07, 6.45) is 7.67. The molecular weight excluding hydrogens is 478 g/mol. The average molecular weight is 522 g/mol. The minimum absolute atomic E-state index is 0.167. The van der Waals surface area contributed by atoms with Crippen LogP contribution in [-0.4, -0.2) is 73.3 Å². The summed E-state index contributed by atoms with van der Waals surface area (Å²) < 4.78 is 5.49. The smallest absolute Gasteiger partial charge is 0.271 e. The summed E-state index contributed by atoms with van der Waals surface area (Å²) in [5.74, 6) is 0.506. The summed E-state index contributed by atoms with van der Waals surface area (Å²) in [5.41, 5.74) is 10.5. The predicted molar refractivity (Wildman–Crippen MR) is 152 cm³/mol. The van der Waals surface area contributed by atoms with Gasteiger partial charge in [-0.2, -0.15) is 0 Å². The fourth-order valence-corrected chi connectivity index (χ4v) is 6.17. The second-order valence-corrected chi connectivity index (χ2v) is 11.4. The molecule has 2 aromatic rings. The van der Waals surface area contributed by atoms with Gasteiger partial charge in [0, 0.05) is 43.7 Å². The molecule has 1 amide bonds. The minimum atomic E-state index is -0.586. The molecule has 0 saturated carbocycles. The third-order valence-electron chi connectivity index (χ3n) is 8.77. The van der Waals surface area contributed by atoms with Crippen molar-refractivity contribution in [3.8, 4) is 0 Å². The van der Waals surface area contributed by atoms with Gasteiger partial charge in [0.15, 0.2) is 17.3 Å². The van der Waals surface area contributed by atoms with Gasteiger partial charge in [-0.1, -0.05) is 6.92 Å². The molecule has 5 rings (SSSR count). The van der Waals surface area contributed by atoms with Gasteiger partial charge in [0.25, 0.3) is 5.91 Å². The number of amides is 1. The van der Waals surface area contributed by atoms with Crippen LogP contribution >= 0.6 is 0 Å². The van der Waals surface area contributed by atoms with E-state index >= 15 is 0 Å². The minimum Gasteiger partial charge on any atom is -0.381 e. The van der Waals surface area contributed by atoms with Crippen LogP contribution < -0.4 is 21.3 Å². The van der Waals surface area contributed by atoms with Gasteiger partial charge < -0.3 is 30.9 Å². The topological polar surface area (TPSA) is 109 Å². The molecule has 38 heavy (non-hydrogen) atoms. The van der Waals surface area contributed by atoms with Crippen LogP contribution in [-0.2, 0) is 11.2 Å². The van der Waals surface area contributed by atoms with Crippen LogP contribution in [0.5, 0.6) is 0 Å². The zero-order chi connectivity index (χ0) is 26.7. The lowest BCUT2D eigenvalue weighted by molar-refractivity contribution is 0.0903. The van der Waals surface area contributed by atoms with Crippen molar-refractivity contribution in [2.75, 3.05) is 62.0 Å². The molecule has 0 radical (unpaired) electrons. The number of benzene rings is 1. The number of carbonyl (C=O) groups is 1. The maximum absolute atomic E-state index is 12.3. The third kappa shape index (κ3) is 5.89. The molecule has 1 aromatic carbocycles. The highest BCUT2D eigenvalue weighted by molar-refractivity contribution is 5.96. The number of piperidine rings is 2. The number of carbonyl (C=O) groups excluding carboxylic acids is 1. The molecule has 3 aliphatic heterocycles. The first-order valence-electron chi connectivity index (χ1n) is 14.2. The normalized spacial score (nSPS) is 20.4. The summed E-state index contributed by atoms with van der Waals surface area (Å²) in [6, 6.07) is 6.65. The molecule has 4 N–H and O–H groups in total. The maximum Gasteiger partial charge on any atom is 0.271 e. The quantitative estimate of drug-likeness (QED) is 0.500. The number of aromatic nitrogens is 2. The highest BCUT2D eigenvalue weighted by atomic mass is 16.5. The number of primary amides is 1. The molecule has 0 bridgehead atoms. The molecule has 4 heterocycles. The molecule has 9 heteroatoms. The van der Waals surface area contributed by atoms with Crippen LogP contribution in [0.1, 0.15) is 67.2 Å². The zero-order valence-electron chi connectivity index (χ0n) is 23.2. The van der Waals surface area contributed by atoms with E-state index in [-0.39, 0.29) is 11.7 Å². The Balaban J connectivity index is 1.31. The first-order valence-corrected chi connectivity index (χ1v) is 14.2.